The van der Waals surface area contributed by atoms with Crippen LogP contribution in [-0.4, -0.2) is 87.5 Å². The molecule has 6 N–H and O–H groups in total. The number of nitrogens with one attached hydrogen (secondary N) is 1. The summed E-state index contributed by atoms with van der Waals surface area (Å²) >= 11 is 0. The number of carbonyl (C=O) groups is 1. The van der Waals surface area contributed by atoms with Gasteiger partial charge >= 0.3 is 0 Å². The number of hydrogen-bond donors (Lipinski definition) is 6. The van der Waals surface area contributed by atoms with E-state index < -0.39 is 49.5 Å². The van der Waals surface area contributed by atoms with E-state index in [9.17, 15) is 30.3 Å². The van der Waals surface area contributed by atoms with Crippen LogP contribution in [0.1, 0.15) is 206 Å². The quantitative estimate of drug-likeness (QED) is 0.0272. The highest BCUT2D eigenvalue weighted by atomic mass is 16.7. The Bertz CT molecular complexity index is 842. The molecule has 1 saturated heterocycles. The lowest BCUT2D eigenvalue weighted by molar-refractivity contribution is -0.302. The second kappa shape index (κ2) is 35.4. The topological polar surface area (TPSA) is 149 Å². The van der Waals surface area contributed by atoms with Crippen LogP contribution in [0.25, 0.3) is 0 Å². The molecule has 314 valence electrons. The summed E-state index contributed by atoms with van der Waals surface area (Å²) in [5.74, 6) is -0.175. The minimum absolute atomic E-state index is 0.175. The third-order valence-electron chi connectivity index (χ3n) is 10.9. The first-order chi connectivity index (χ1) is 25.8. The van der Waals surface area contributed by atoms with Crippen molar-refractivity contribution in [2.24, 2.45) is 0 Å². The van der Waals surface area contributed by atoms with Gasteiger partial charge in [0.05, 0.1) is 25.4 Å². The van der Waals surface area contributed by atoms with Crippen molar-refractivity contribution in [2.75, 3.05) is 13.2 Å². The molecule has 0 aromatic rings. The van der Waals surface area contributed by atoms with Gasteiger partial charge in [-0.05, 0) is 19.3 Å². The molecular formula is C44H85NO8. The first-order valence-electron chi connectivity index (χ1n) is 22.4. The van der Waals surface area contributed by atoms with Gasteiger partial charge in [0.25, 0.3) is 0 Å². The number of aliphatic hydroxyl groups excluding tert-OH is 5. The molecule has 1 fully saturated rings. The summed E-state index contributed by atoms with van der Waals surface area (Å²) < 4.78 is 11.2. The molecule has 53 heavy (non-hydrogen) atoms. The van der Waals surface area contributed by atoms with Crippen LogP contribution < -0.4 is 5.32 Å². The number of unbranched alkanes of at least 4 members (excludes halogenated alkanes) is 27. The fourth-order valence-electron chi connectivity index (χ4n) is 7.21. The van der Waals surface area contributed by atoms with E-state index in [0.29, 0.717) is 6.42 Å². The van der Waals surface area contributed by atoms with Crippen LogP contribution in [0.4, 0.5) is 0 Å². The number of aliphatic hydroxyl groups is 5. The van der Waals surface area contributed by atoms with E-state index in [0.717, 1.165) is 38.5 Å². The Morgan fingerprint density at radius 2 is 1.04 bits per heavy atom. The van der Waals surface area contributed by atoms with Gasteiger partial charge in [-0.1, -0.05) is 193 Å². The van der Waals surface area contributed by atoms with Gasteiger partial charge in [-0.15, -0.1) is 0 Å². The summed E-state index contributed by atoms with van der Waals surface area (Å²) in [5, 5.41) is 54.1. The van der Waals surface area contributed by atoms with Gasteiger partial charge in [0, 0.05) is 6.42 Å². The normalized spacial score (nSPS) is 21.7. The van der Waals surface area contributed by atoms with Gasteiger partial charge in [-0.2, -0.15) is 0 Å². The Labute approximate surface area is 325 Å². The third-order valence-corrected chi connectivity index (χ3v) is 10.9. The van der Waals surface area contributed by atoms with Crippen LogP contribution in [0.15, 0.2) is 12.2 Å². The molecule has 0 bridgehead atoms. The molecular weight excluding hydrogens is 670 g/mol. The number of allylic oxidation sites excluding steroid dienone is 1. The summed E-state index contributed by atoms with van der Waals surface area (Å²) in [6.07, 6.45) is 32.5. The molecule has 0 aromatic heterocycles. The molecule has 1 aliphatic heterocycles. The predicted octanol–water partition coefficient (Wildman–Crippen LogP) is 8.95. The van der Waals surface area contributed by atoms with Gasteiger partial charge < -0.3 is 40.3 Å². The van der Waals surface area contributed by atoms with Crippen molar-refractivity contribution in [1.29, 1.82) is 0 Å². The molecule has 9 heteroatoms. The lowest BCUT2D eigenvalue weighted by atomic mass is 9.99. The van der Waals surface area contributed by atoms with Crippen LogP contribution in [0.5, 0.6) is 0 Å². The average molecular weight is 756 g/mol. The Balaban J connectivity index is 2.34. The number of ether oxygens (including phenoxy) is 2. The molecule has 0 saturated carbocycles. The molecule has 0 aliphatic carbocycles. The summed E-state index contributed by atoms with van der Waals surface area (Å²) in [7, 11) is 0. The van der Waals surface area contributed by atoms with Crippen LogP contribution in [0.3, 0.4) is 0 Å². The smallest absolute Gasteiger partial charge is 0.220 e. The van der Waals surface area contributed by atoms with Gasteiger partial charge in [-0.3, -0.25) is 4.79 Å². The second-order valence-corrected chi connectivity index (χ2v) is 15.9. The highest BCUT2D eigenvalue weighted by molar-refractivity contribution is 5.76. The van der Waals surface area contributed by atoms with E-state index in [2.05, 4.69) is 19.2 Å². The lowest BCUT2D eigenvalue weighted by Gasteiger charge is -2.40. The van der Waals surface area contributed by atoms with Crippen molar-refractivity contribution in [3.63, 3.8) is 0 Å². The molecule has 1 rings (SSSR count). The Kier molecular flexibility index (Phi) is 33.3. The molecule has 0 spiro atoms. The summed E-state index contributed by atoms with van der Waals surface area (Å²) in [6, 6.07) is -0.797. The van der Waals surface area contributed by atoms with Crippen LogP contribution in [0.2, 0.25) is 0 Å². The van der Waals surface area contributed by atoms with Crippen molar-refractivity contribution in [3.8, 4) is 0 Å². The van der Waals surface area contributed by atoms with Gasteiger partial charge in [-0.25, -0.2) is 0 Å². The van der Waals surface area contributed by atoms with Crippen LogP contribution in [-0.2, 0) is 14.3 Å². The molecule has 0 aromatic carbocycles. The maximum atomic E-state index is 12.9. The van der Waals surface area contributed by atoms with E-state index >= 15 is 0 Å². The SMILES string of the molecule is CCCCCCCCCCCC/C=C/[C@@H](O)[C@H](CO[C@@H]1O[C@H](CO)[C@@H](O)C(O)C1O)NC(=O)CCCCCCCCCCCCCCCCCCCC. The average Bonchev–Trinajstić information content (AvgIpc) is 3.16. The van der Waals surface area contributed by atoms with Crippen LogP contribution >= 0.6 is 0 Å². The summed E-state index contributed by atoms with van der Waals surface area (Å²) in [4.78, 5) is 12.9. The van der Waals surface area contributed by atoms with E-state index in [4.69, 9.17) is 9.47 Å². The van der Waals surface area contributed by atoms with E-state index in [1.54, 1.807) is 6.08 Å². The minimum Gasteiger partial charge on any atom is -0.394 e. The van der Waals surface area contributed by atoms with Crippen molar-refractivity contribution < 1.29 is 39.8 Å². The number of rotatable bonds is 37. The second-order valence-electron chi connectivity index (χ2n) is 15.9. The molecule has 1 aliphatic rings. The molecule has 1 heterocycles. The zero-order valence-corrected chi connectivity index (χ0v) is 34.3. The molecule has 9 nitrogen and oxygen atoms in total. The standard InChI is InChI=1S/C44H85NO8/c1-3-5-7-9-11-13-15-17-18-19-20-21-22-24-26-28-30-32-34-40(48)45-37(36-52-44-43(51)42(50)41(49)39(35-46)53-44)38(47)33-31-29-27-25-23-16-14-12-10-8-6-4-2/h31,33,37-39,41-44,46-47,49-51H,3-30,32,34-36H2,1-2H3,(H,45,48)/b33-31+/t37-,38+,39+,41+,42?,43?,44+/m0/s1. The first kappa shape index (κ1) is 49.9. The van der Waals surface area contributed by atoms with Crippen molar-refractivity contribution in [3.05, 3.63) is 12.2 Å². The van der Waals surface area contributed by atoms with Gasteiger partial charge in [0.2, 0.25) is 5.91 Å². The Morgan fingerprint density at radius 3 is 1.47 bits per heavy atom. The Hall–Kier alpha value is -1.07. The van der Waals surface area contributed by atoms with Crippen molar-refractivity contribution in [2.45, 2.75) is 249 Å². The highest BCUT2D eigenvalue weighted by Gasteiger charge is 2.44. The maximum absolute atomic E-state index is 12.9. The first-order valence-corrected chi connectivity index (χ1v) is 22.4. The minimum atomic E-state index is -1.56. The number of carbonyl (C=O) groups excluding carboxylic acids is 1. The largest absolute Gasteiger partial charge is 0.394 e. The van der Waals surface area contributed by atoms with Gasteiger partial charge in [0.15, 0.2) is 6.29 Å². The predicted molar refractivity (Wildman–Crippen MR) is 217 cm³/mol. The van der Waals surface area contributed by atoms with Crippen LogP contribution in [0, 0.1) is 0 Å². The zero-order valence-electron chi connectivity index (χ0n) is 34.3. The monoisotopic (exact) mass is 756 g/mol. The summed E-state index contributed by atoms with van der Waals surface area (Å²) in [5.41, 5.74) is 0. The Morgan fingerprint density at radius 1 is 0.623 bits per heavy atom. The molecule has 1 amide bonds. The fraction of sp³-hybridized carbons (Fsp3) is 0.932. The van der Waals surface area contributed by atoms with E-state index in [-0.39, 0.29) is 12.5 Å². The molecule has 7 atom stereocenters. The van der Waals surface area contributed by atoms with Crippen molar-refractivity contribution >= 4 is 5.91 Å². The van der Waals surface area contributed by atoms with E-state index in [1.165, 1.54) is 148 Å². The van der Waals surface area contributed by atoms with Crippen molar-refractivity contribution in [1.82, 2.24) is 5.32 Å². The number of amides is 1. The summed E-state index contributed by atoms with van der Waals surface area (Å²) in [6.45, 7) is 3.77. The maximum Gasteiger partial charge on any atom is 0.220 e. The highest BCUT2D eigenvalue weighted by Crippen LogP contribution is 2.23. The molecule has 0 radical (unpaired) electrons. The third kappa shape index (κ3) is 26.4. The lowest BCUT2D eigenvalue weighted by Crippen LogP contribution is -2.60. The van der Waals surface area contributed by atoms with Gasteiger partial charge in [0.1, 0.15) is 24.4 Å². The fourth-order valence-corrected chi connectivity index (χ4v) is 7.21. The van der Waals surface area contributed by atoms with E-state index in [1.807, 2.05) is 6.08 Å². The zero-order chi connectivity index (χ0) is 38.8. The molecule has 2 unspecified atom stereocenters. The number of hydrogen-bond acceptors (Lipinski definition) is 8.